The second-order valence-electron chi connectivity index (χ2n) is 7.35. The first-order chi connectivity index (χ1) is 13.9. The van der Waals surface area contributed by atoms with Gasteiger partial charge in [-0.15, -0.1) is 0 Å². The van der Waals surface area contributed by atoms with E-state index in [-0.39, 0.29) is 23.5 Å². The van der Waals surface area contributed by atoms with Crippen molar-refractivity contribution in [2.75, 3.05) is 16.8 Å². The minimum Gasteiger partial charge on any atom is -0.311 e. The summed E-state index contributed by atoms with van der Waals surface area (Å²) in [7, 11) is -3.03. The number of hydrogen-bond acceptors (Lipinski definition) is 5. The van der Waals surface area contributed by atoms with Crippen LogP contribution in [0.5, 0.6) is 0 Å². The molecule has 1 aromatic carbocycles. The monoisotopic (exact) mass is 413 g/mol. The molecule has 2 aromatic heterocycles. The van der Waals surface area contributed by atoms with E-state index >= 15 is 0 Å². The van der Waals surface area contributed by atoms with Crippen LogP contribution in [0.15, 0.2) is 48.8 Å². The lowest BCUT2D eigenvalue weighted by atomic mass is 10.2. The smallest absolute Gasteiger partial charge is 0.225 e. The van der Waals surface area contributed by atoms with Gasteiger partial charge in [-0.2, -0.15) is 10.2 Å². The number of aryl methyl sites for hydroxylation is 2. The summed E-state index contributed by atoms with van der Waals surface area (Å²) in [5.74, 6) is 0.638. The molecule has 0 radical (unpaired) electrons. The lowest BCUT2D eigenvalue weighted by Crippen LogP contribution is -2.19. The van der Waals surface area contributed by atoms with Gasteiger partial charge in [-0.1, -0.05) is 18.2 Å². The standard InChI is InChI=1S/C20H23N5O3S/c1-15-11-19(25(23-15)18-9-10-29(27,28)14-18)22-20(26)8-7-16-12-21-24(13-16)17-5-3-2-4-6-17/h2-6,11-13,18H,7-10,14H2,1H3,(H,22,26)/t18-/m1/s1. The maximum absolute atomic E-state index is 12.5. The molecule has 4 rings (SSSR count). The molecule has 1 aliphatic heterocycles. The Hall–Kier alpha value is -2.94. The molecule has 29 heavy (non-hydrogen) atoms. The number of para-hydroxylation sites is 1. The van der Waals surface area contributed by atoms with Crippen LogP contribution in [0.2, 0.25) is 0 Å². The summed E-state index contributed by atoms with van der Waals surface area (Å²) >= 11 is 0. The van der Waals surface area contributed by atoms with Crippen LogP contribution in [0.25, 0.3) is 5.69 Å². The fourth-order valence-electron chi connectivity index (χ4n) is 3.53. The Kier molecular flexibility index (Phi) is 5.23. The first-order valence-corrected chi connectivity index (χ1v) is 11.4. The third-order valence-electron chi connectivity index (χ3n) is 4.98. The van der Waals surface area contributed by atoms with Crippen LogP contribution in [0, 0.1) is 6.92 Å². The Labute approximate surface area is 169 Å². The Morgan fingerprint density at radius 3 is 2.79 bits per heavy atom. The number of carbonyl (C=O) groups excluding carboxylic acids is 1. The van der Waals surface area contributed by atoms with Crippen LogP contribution in [-0.4, -0.2) is 45.4 Å². The highest BCUT2D eigenvalue weighted by Crippen LogP contribution is 2.27. The molecule has 1 amide bonds. The third kappa shape index (κ3) is 4.56. The highest BCUT2D eigenvalue weighted by atomic mass is 32.2. The van der Waals surface area contributed by atoms with Gasteiger partial charge in [-0.25, -0.2) is 17.8 Å². The van der Waals surface area contributed by atoms with Crippen LogP contribution < -0.4 is 5.32 Å². The fourth-order valence-corrected chi connectivity index (χ4v) is 5.22. The van der Waals surface area contributed by atoms with Gasteiger partial charge in [0.1, 0.15) is 5.82 Å². The molecule has 3 aromatic rings. The number of hydrogen-bond donors (Lipinski definition) is 1. The van der Waals surface area contributed by atoms with E-state index in [1.807, 2.05) is 43.5 Å². The van der Waals surface area contributed by atoms with Crippen molar-refractivity contribution < 1.29 is 13.2 Å². The van der Waals surface area contributed by atoms with Crippen molar-refractivity contribution in [3.05, 3.63) is 60.0 Å². The molecule has 0 saturated carbocycles. The lowest BCUT2D eigenvalue weighted by molar-refractivity contribution is -0.116. The van der Waals surface area contributed by atoms with Gasteiger partial charge in [-0.05, 0) is 37.5 Å². The van der Waals surface area contributed by atoms with E-state index in [0.29, 0.717) is 25.1 Å². The first-order valence-electron chi connectivity index (χ1n) is 9.55. The van der Waals surface area contributed by atoms with E-state index in [4.69, 9.17) is 0 Å². The molecule has 1 N–H and O–H groups in total. The molecule has 1 atom stereocenters. The second-order valence-corrected chi connectivity index (χ2v) is 9.58. The van der Waals surface area contributed by atoms with E-state index in [0.717, 1.165) is 16.9 Å². The molecule has 1 fully saturated rings. The molecule has 0 unspecified atom stereocenters. The van der Waals surface area contributed by atoms with Gasteiger partial charge < -0.3 is 5.32 Å². The number of carbonyl (C=O) groups is 1. The molecular weight excluding hydrogens is 390 g/mol. The highest BCUT2D eigenvalue weighted by molar-refractivity contribution is 7.91. The zero-order valence-electron chi connectivity index (χ0n) is 16.2. The second kappa shape index (κ2) is 7.82. The van der Waals surface area contributed by atoms with E-state index < -0.39 is 9.84 Å². The van der Waals surface area contributed by atoms with Gasteiger partial charge in [-0.3, -0.25) is 4.79 Å². The van der Waals surface area contributed by atoms with Crippen molar-refractivity contribution in [2.45, 2.75) is 32.2 Å². The molecule has 8 nitrogen and oxygen atoms in total. The molecule has 0 spiro atoms. The van der Waals surface area contributed by atoms with E-state index in [9.17, 15) is 13.2 Å². The van der Waals surface area contributed by atoms with Crippen LogP contribution in [0.4, 0.5) is 5.82 Å². The van der Waals surface area contributed by atoms with E-state index in [1.54, 1.807) is 21.6 Å². The number of nitrogens with one attached hydrogen (secondary N) is 1. The topological polar surface area (TPSA) is 98.9 Å². The third-order valence-corrected chi connectivity index (χ3v) is 6.73. The van der Waals surface area contributed by atoms with Crippen molar-refractivity contribution >= 4 is 21.6 Å². The zero-order valence-corrected chi connectivity index (χ0v) is 17.0. The number of benzene rings is 1. The van der Waals surface area contributed by atoms with Gasteiger partial charge in [0.25, 0.3) is 0 Å². The molecule has 1 aliphatic rings. The number of anilines is 1. The number of nitrogens with zero attached hydrogens (tertiary/aromatic N) is 4. The predicted molar refractivity (Wildman–Crippen MR) is 110 cm³/mol. The van der Waals surface area contributed by atoms with Gasteiger partial charge in [0.05, 0.1) is 35.1 Å². The van der Waals surface area contributed by atoms with Crippen molar-refractivity contribution in [2.24, 2.45) is 0 Å². The zero-order chi connectivity index (χ0) is 20.4. The Morgan fingerprint density at radius 1 is 1.28 bits per heavy atom. The fraction of sp³-hybridized carbons (Fsp3) is 0.350. The molecule has 152 valence electrons. The Balaban J connectivity index is 1.38. The summed E-state index contributed by atoms with van der Waals surface area (Å²) in [6.45, 7) is 1.83. The Morgan fingerprint density at radius 2 is 2.07 bits per heavy atom. The molecule has 3 heterocycles. The van der Waals surface area contributed by atoms with Crippen molar-refractivity contribution in [1.29, 1.82) is 0 Å². The predicted octanol–water partition coefficient (Wildman–Crippen LogP) is 2.31. The summed E-state index contributed by atoms with van der Waals surface area (Å²) in [5.41, 5.74) is 2.68. The maximum atomic E-state index is 12.5. The van der Waals surface area contributed by atoms with Crippen molar-refractivity contribution in [1.82, 2.24) is 19.6 Å². The average Bonchev–Trinajstić information content (AvgIpc) is 3.39. The molecular formula is C20H23N5O3S. The molecule has 9 heteroatoms. The lowest BCUT2D eigenvalue weighted by Gasteiger charge is -2.13. The summed E-state index contributed by atoms with van der Waals surface area (Å²) in [6.07, 6.45) is 5.06. The normalized spacial score (nSPS) is 18.0. The summed E-state index contributed by atoms with van der Waals surface area (Å²) < 4.78 is 27.0. The quantitative estimate of drug-likeness (QED) is 0.669. The van der Waals surface area contributed by atoms with Gasteiger partial charge in [0.2, 0.25) is 5.91 Å². The summed E-state index contributed by atoms with van der Waals surface area (Å²) in [6, 6.07) is 11.3. The number of aromatic nitrogens is 4. The van der Waals surface area contributed by atoms with Crippen molar-refractivity contribution in [3.63, 3.8) is 0 Å². The Bertz CT molecular complexity index is 1120. The minimum atomic E-state index is -3.03. The van der Waals surface area contributed by atoms with Crippen LogP contribution in [-0.2, 0) is 21.1 Å². The largest absolute Gasteiger partial charge is 0.311 e. The number of sulfone groups is 1. The van der Waals surface area contributed by atoms with Gasteiger partial charge in [0, 0.05) is 18.7 Å². The first kappa shape index (κ1) is 19.4. The number of amides is 1. The van der Waals surface area contributed by atoms with Crippen LogP contribution >= 0.6 is 0 Å². The van der Waals surface area contributed by atoms with Gasteiger partial charge in [0.15, 0.2) is 9.84 Å². The van der Waals surface area contributed by atoms with E-state index in [2.05, 4.69) is 15.5 Å². The molecule has 1 saturated heterocycles. The van der Waals surface area contributed by atoms with Crippen LogP contribution in [0.1, 0.15) is 30.1 Å². The van der Waals surface area contributed by atoms with E-state index in [1.165, 1.54) is 0 Å². The SMILES string of the molecule is Cc1cc(NC(=O)CCc2cnn(-c3ccccc3)c2)n([C@@H]2CCS(=O)(=O)C2)n1. The van der Waals surface area contributed by atoms with Gasteiger partial charge >= 0.3 is 0 Å². The molecule has 0 bridgehead atoms. The summed E-state index contributed by atoms with van der Waals surface area (Å²) in [4.78, 5) is 12.5. The molecule has 0 aliphatic carbocycles. The number of rotatable bonds is 6. The van der Waals surface area contributed by atoms with Crippen molar-refractivity contribution in [3.8, 4) is 5.69 Å². The minimum absolute atomic E-state index is 0.0651. The summed E-state index contributed by atoms with van der Waals surface area (Å²) in [5, 5.41) is 11.6. The average molecular weight is 414 g/mol. The van der Waals surface area contributed by atoms with Crippen LogP contribution in [0.3, 0.4) is 0 Å². The maximum Gasteiger partial charge on any atom is 0.225 e. The highest BCUT2D eigenvalue weighted by Gasteiger charge is 2.31.